The molecule has 0 saturated carbocycles. The van der Waals surface area contributed by atoms with Crippen molar-refractivity contribution < 1.29 is 9.53 Å². The first-order chi connectivity index (χ1) is 12.7. The highest BCUT2D eigenvalue weighted by Gasteiger charge is 2.42. The number of benzene rings is 2. The van der Waals surface area contributed by atoms with Gasteiger partial charge in [-0.2, -0.15) is 0 Å². The lowest BCUT2D eigenvalue weighted by Crippen LogP contribution is -2.41. The second kappa shape index (κ2) is 8.30. The van der Waals surface area contributed by atoms with Crippen molar-refractivity contribution in [2.24, 2.45) is 5.73 Å². The molecule has 0 spiro atoms. The van der Waals surface area contributed by atoms with E-state index >= 15 is 0 Å². The Kier molecular flexibility index (Phi) is 6.05. The van der Waals surface area contributed by atoms with Crippen molar-refractivity contribution >= 4 is 24.0 Å². The van der Waals surface area contributed by atoms with Crippen molar-refractivity contribution in [3.05, 3.63) is 60.2 Å². The minimum absolute atomic E-state index is 0. The maximum atomic E-state index is 13.1. The summed E-state index contributed by atoms with van der Waals surface area (Å²) in [6.07, 6.45) is 0.825. The molecule has 2 saturated heterocycles. The van der Waals surface area contributed by atoms with Gasteiger partial charge in [0.15, 0.2) is 0 Å². The molecular formula is C21H26ClN3O2. The van der Waals surface area contributed by atoms with Crippen LogP contribution in [0.3, 0.4) is 0 Å². The van der Waals surface area contributed by atoms with E-state index in [-0.39, 0.29) is 36.3 Å². The molecule has 5 nitrogen and oxygen atoms in total. The van der Waals surface area contributed by atoms with Crippen LogP contribution in [0.25, 0.3) is 0 Å². The minimum atomic E-state index is -0.0975. The molecule has 1 amide bonds. The Bertz CT molecular complexity index is 786. The number of amides is 1. The van der Waals surface area contributed by atoms with Gasteiger partial charge in [-0.05, 0) is 24.1 Å². The van der Waals surface area contributed by atoms with Gasteiger partial charge in [0.25, 0.3) is 0 Å². The summed E-state index contributed by atoms with van der Waals surface area (Å²) in [5, 5.41) is 0. The molecule has 3 atom stereocenters. The number of anilines is 1. The third-order valence-electron chi connectivity index (χ3n) is 5.62. The van der Waals surface area contributed by atoms with Crippen LogP contribution in [0.5, 0.6) is 5.75 Å². The number of nitrogens with zero attached hydrogens (tertiary/aromatic N) is 2. The molecule has 0 aliphatic carbocycles. The Morgan fingerprint density at radius 1 is 1.04 bits per heavy atom. The second-order valence-electron chi connectivity index (χ2n) is 7.10. The second-order valence-corrected chi connectivity index (χ2v) is 7.10. The number of hydrogen-bond acceptors (Lipinski definition) is 4. The quantitative estimate of drug-likeness (QED) is 0.876. The van der Waals surface area contributed by atoms with Crippen molar-refractivity contribution in [1.82, 2.24) is 4.90 Å². The molecular weight excluding hydrogens is 362 g/mol. The van der Waals surface area contributed by atoms with E-state index in [0.717, 1.165) is 30.9 Å². The molecule has 2 fully saturated rings. The van der Waals surface area contributed by atoms with Gasteiger partial charge in [0.1, 0.15) is 5.75 Å². The van der Waals surface area contributed by atoms with E-state index < -0.39 is 0 Å². The van der Waals surface area contributed by atoms with Crippen molar-refractivity contribution in [2.45, 2.75) is 24.4 Å². The number of hydrogen-bond donors (Lipinski definition) is 1. The van der Waals surface area contributed by atoms with Crippen molar-refractivity contribution in [3.8, 4) is 5.75 Å². The number of para-hydroxylation sites is 2. The third kappa shape index (κ3) is 3.68. The molecule has 2 aromatic rings. The van der Waals surface area contributed by atoms with E-state index in [0.29, 0.717) is 6.54 Å². The van der Waals surface area contributed by atoms with Gasteiger partial charge in [-0.3, -0.25) is 9.69 Å². The molecule has 2 aromatic carbocycles. The number of rotatable bonds is 4. The van der Waals surface area contributed by atoms with Crippen molar-refractivity contribution in [2.75, 3.05) is 31.6 Å². The Balaban J connectivity index is 0.00000210. The van der Waals surface area contributed by atoms with Crippen LogP contribution in [0.1, 0.15) is 17.9 Å². The first-order valence-electron chi connectivity index (χ1n) is 9.18. The largest absolute Gasteiger partial charge is 0.495 e. The van der Waals surface area contributed by atoms with E-state index in [4.69, 9.17) is 10.5 Å². The highest BCUT2D eigenvalue weighted by molar-refractivity contribution is 6.00. The molecule has 4 rings (SSSR count). The van der Waals surface area contributed by atoms with Crippen molar-refractivity contribution in [1.29, 1.82) is 0 Å². The summed E-state index contributed by atoms with van der Waals surface area (Å²) < 4.78 is 5.43. The lowest BCUT2D eigenvalue weighted by atomic mass is 9.95. The zero-order valence-corrected chi connectivity index (χ0v) is 16.3. The predicted octanol–water partition coefficient (Wildman–Crippen LogP) is 2.65. The number of nitrogens with two attached hydrogens (primary N) is 1. The van der Waals surface area contributed by atoms with Crippen molar-refractivity contribution in [3.63, 3.8) is 0 Å². The van der Waals surface area contributed by atoms with E-state index in [1.807, 2.05) is 35.2 Å². The van der Waals surface area contributed by atoms with E-state index in [9.17, 15) is 4.79 Å². The first-order valence-corrected chi connectivity index (χ1v) is 9.18. The number of ether oxygens (including phenoxy) is 1. The minimum Gasteiger partial charge on any atom is -0.495 e. The molecule has 0 radical (unpaired) electrons. The van der Waals surface area contributed by atoms with Crippen LogP contribution in [-0.2, 0) is 4.79 Å². The molecule has 2 heterocycles. The average Bonchev–Trinajstić information content (AvgIpc) is 3.25. The topological polar surface area (TPSA) is 58.8 Å². The number of methoxy groups -OCH3 is 1. The average molecular weight is 388 g/mol. The van der Waals surface area contributed by atoms with Gasteiger partial charge in [-0.15, -0.1) is 12.4 Å². The monoisotopic (exact) mass is 387 g/mol. The lowest BCUT2D eigenvalue weighted by Gasteiger charge is -2.24. The summed E-state index contributed by atoms with van der Waals surface area (Å²) in [5.41, 5.74) is 8.53. The zero-order valence-electron chi connectivity index (χ0n) is 15.5. The Labute approximate surface area is 166 Å². The first kappa shape index (κ1) is 19.7. The fourth-order valence-corrected chi connectivity index (χ4v) is 4.26. The van der Waals surface area contributed by atoms with Crippen LogP contribution in [-0.4, -0.2) is 49.6 Å². The van der Waals surface area contributed by atoms with Crippen LogP contribution in [0.15, 0.2) is 54.6 Å². The molecule has 1 unspecified atom stereocenters. The normalized spacial score (nSPS) is 25.5. The maximum Gasteiger partial charge on any atom is 0.244 e. The maximum absolute atomic E-state index is 13.1. The summed E-state index contributed by atoms with van der Waals surface area (Å²) in [7, 11) is 1.64. The molecule has 2 aliphatic heterocycles. The zero-order chi connectivity index (χ0) is 18.1. The molecule has 27 heavy (non-hydrogen) atoms. The standard InChI is InChI=1S/C21H25N3O2.ClH/c1-26-20-10-6-5-9-18(20)24-12-11-19(21(24)25)23-13-16(17(22)14-23)15-7-3-2-4-8-15;/h2-10,16-17,19H,11-14,22H2,1H3;1H/t16-,17+,19?;/m0./s1. The smallest absolute Gasteiger partial charge is 0.244 e. The van der Waals surface area contributed by atoms with Crippen LogP contribution in [0.2, 0.25) is 0 Å². The van der Waals surface area contributed by atoms with Gasteiger partial charge >= 0.3 is 0 Å². The fraction of sp³-hybridized carbons (Fsp3) is 0.381. The number of likely N-dealkylation sites (tertiary alicyclic amines) is 1. The molecule has 144 valence electrons. The number of carbonyl (C=O) groups excluding carboxylic acids is 1. The van der Waals surface area contributed by atoms with Crippen LogP contribution in [0, 0.1) is 0 Å². The Morgan fingerprint density at radius 3 is 2.48 bits per heavy atom. The number of halogens is 1. The summed E-state index contributed by atoms with van der Waals surface area (Å²) in [5.74, 6) is 1.17. The van der Waals surface area contributed by atoms with Gasteiger partial charge in [0.2, 0.25) is 5.91 Å². The van der Waals surface area contributed by atoms with Gasteiger partial charge in [0, 0.05) is 31.6 Å². The van der Waals surface area contributed by atoms with Crippen LogP contribution < -0.4 is 15.4 Å². The van der Waals surface area contributed by atoms with E-state index in [2.05, 4.69) is 29.2 Å². The summed E-state index contributed by atoms with van der Waals surface area (Å²) in [6, 6.07) is 18.0. The molecule has 2 N–H and O–H groups in total. The fourth-order valence-electron chi connectivity index (χ4n) is 4.26. The molecule has 2 aliphatic rings. The van der Waals surface area contributed by atoms with Gasteiger partial charge < -0.3 is 15.4 Å². The highest BCUT2D eigenvalue weighted by atomic mass is 35.5. The van der Waals surface area contributed by atoms with Gasteiger partial charge in [-0.25, -0.2) is 0 Å². The van der Waals surface area contributed by atoms with Gasteiger partial charge in [0.05, 0.1) is 18.8 Å². The Hall–Kier alpha value is -2.08. The van der Waals surface area contributed by atoms with Gasteiger partial charge in [-0.1, -0.05) is 42.5 Å². The lowest BCUT2D eigenvalue weighted by molar-refractivity contribution is -0.121. The third-order valence-corrected chi connectivity index (χ3v) is 5.62. The SMILES string of the molecule is COc1ccccc1N1CCC(N2C[C@@H](N)[C@H](c3ccccc3)C2)C1=O.Cl. The van der Waals surface area contributed by atoms with E-state index in [1.165, 1.54) is 5.56 Å². The molecule has 0 aromatic heterocycles. The van der Waals surface area contributed by atoms with Crippen LogP contribution >= 0.6 is 12.4 Å². The van der Waals surface area contributed by atoms with Crippen LogP contribution in [0.4, 0.5) is 5.69 Å². The molecule has 6 heteroatoms. The summed E-state index contributed by atoms with van der Waals surface area (Å²) in [4.78, 5) is 17.2. The highest BCUT2D eigenvalue weighted by Crippen LogP contribution is 2.35. The summed E-state index contributed by atoms with van der Waals surface area (Å²) in [6.45, 7) is 2.31. The number of carbonyl (C=O) groups is 1. The van der Waals surface area contributed by atoms with E-state index in [1.54, 1.807) is 7.11 Å². The molecule has 0 bridgehead atoms. The predicted molar refractivity (Wildman–Crippen MR) is 110 cm³/mol. The summed E-state index contributed by atoms with van der Waals surface area (Å²) >= 11 is 0. The Morgan fingerprint density at radius 2 is 1.74 bits per heavy atom.